The molecule has 0 radical (unpaired) electrons. The van der Waals surface area contributed by atoms with Crippen LogP contribution in [0.4, 0.5) is 0 Å². The van der Waals surface area contributed by atoms with E-state index in [1.165, 1.54) is 7.11 Å². The lowest BCUT2D eigenvalue weighted by Gasteiger charge is -2.13. The lowest BCUT2D eigenvalue weighted by Crippen LogP contribution is -2.20. The van der Waals surface area contributed by atoms with Crippen molar-refractivity contribution in [1.29, 1.82) is 0 Å². The van der Waals surface area contributed by atoms with E-state index < -0.39 is 11.5 Å². The normalized spacial score (nSPS) is 14.2. The molecule has 1 fully saturated rings. The van der Waals surface area contributed by atoms with Gasteiger partial charge in [0.1, 0.15) is 5.65 Å². The summed E-state index contributed by atoms with van der Waals surface area (Å²) in [6, 6.07) is 1.69. The molecule has 0 saturated heterocycles. The second-order valence-corrected chi connectivity index (χ2v) is 6.21. The zero-order valence-electron chi connectivity index (χ0n) is 13.2. The van der Waals surface area contributed by atoms with Crippen LogP contribution in [0.25, 0.3) is 11.0 Å². The highest BCUT2D eigenvalue weighted by Crippen LogP contribution is 2.40. The summed E-state index contributed by atoms with van der Waals surface area (Å²) in [7, 11) is 1.31. The fraction of sp³-hybridized carbons (Fsp3) is 0.500. The van der Waals surface area contributed by atoms with E-state index in [-0.39, 0.29) is 10.9 Å². The van der Waals surface area contributed by atoms with Gasteiger partial charge in [-0.15, -0.1) is 0 Å². The zero-order chi connectivity index (χ0) is 16.6. The van der Waals surface area contributed by atoms with E-state index in [9.17, 15) is 9.59 Å². The fourth-order valence-electron chi connectivity index (χ4n) is 2.68. The molecular weight excluding hydrogens is 314 g/mol. The molecule has 0 aromatic carbocycles. The average molecular weight is 333 g/mol. The molecule has 3 rings (SSSR count). The molecule has 0 unspecified atom stereocenters. The van der Waals surface area contributed by atoms with Crippen molar-refractivity contribution in [1.82, 2.24) is 14.5 Å². The fourth-order valence-corrected chi connectivity index (χ4v) is 2.95. The van der Waals surface area contributed by atoms with E-state index in [1.807, 2.05) is 4.57 Å². The number of aryl methyl sites for hydroxylation is 1. The van der Waals surface area contributed by atoms with Crippen molar-refractivity contribution in [3.8, 4) is 0 Å². The number of fused-ring (bicyclic) bond motifs is 1. The van der Waals surface area contributed by atoms with E-state index >= 15 is 0 Å². The number of nitrogens with one attached hydrogen (secondary N) is 1. The summed E-state index contributed by atoms with van der Waals surface area (Å²) >= 11 is 5.29. The molecule has 7 heteroatoms. The zero-order valence-corrected chi connectivity index (χ0v) is 14.0. The van der Waals surface area contributed by atoms with Crippen LogP contribution in [-0.4, -0.2) is 27.6 Å². The highest BCUT2D eigenvalue weighted by molar-refractivity contribution is 7.71. The van der Waals surface area contributed by atoms with Gasteiger partial charge in [0.25, 0.3) is 5.56 Å². The lowest BCUT2D eigenvalue weighted by molar-refractivity contribution is 0.0602. The topological polar surface area (TPSA) is 77.0 Å². The molecule has 6 nitrogen and oxygen atoms in total. The summed E-state index contributed by atoms with van der Waals surface area (Å²) in [5, 5.41) is 0.256. The molecular formula is C16H19N3O3S. The van der Waals surface area contributed by atoms with Gasteiger partial charge < -0.3 is 9.30 Å². The van der Waals surface area contributed by atoms with Crippen LogP contribution < -0.4 is 5.56 Å². The van der Waals surface area contributed by atoms with Gasteiger partial charge >= 0.3 is 5.97 Å². The minimum atomic E-state index is -0.524. The molecule has 2 heterocycles. The van der Waals surface area contributed by atoms with Crippen molar-refractivity contribution in [3.05, 3.63) is 32.4 Å². The molecule has 0 bridgehead atoms. The minimum absolute atomic E-state index is 0.256. The average Bonchev–Trinajstić information content (AvgIpc) is 3.37. The predicted octanol–water partition coefficient (Wildman–Crippen LogP) is 2.92. The van der Waals surface area contributed by atoms with E-state index in [1.54, 1.807) is 6.07 Å². The number of esters is 1. The van der Waals surface area contributed by atoms with Crippen molar-refractivity contribution in [2.24, 2.45) is 0 Å². The summed E-state index contributed by atoms with van der Waals surface area (Å²) in [6.07, 6.45) is 4.02. The van der Waals surface area contributed by atoms with Crippen LogP contribution in [0.3, 0.4) is 0 Å². The number of aromatic nitrogens is 3. The van der Waals surface area contributed by atoms with E-state index in [0.717, 1.165) is 31.4 Å². The Labute approximate surface area is 138 Å². The Morgan fingerprint density at radius 1 is 1.52 bits per heavy atom. The van der Waals surface area contributed by atoms with Crippen LogP contribution in [0.2, 0.25) is 0 Å². The third-order valence-electron chi connectivity index (χ3n) is 4.10. The van der Waals surface area contributed by atoms with Gasteiger partial charge in [0, 0.05) is 18.2 Å². The quantitative estimate of drug-likeness (QED) is 0.672. The third-order valence-corrected chi connectivity index (χ3v) is 4.43. The SMILES string of the molecule is CCCCn1c(=S)[nH]c(=O)c2c(C(=O)OC)cc(C3CC3)nc21. The molecule has 0 amide bonds. The Hall–Kier alpha value is -2.02. The molecule has 23 heavy (non-hydrogen) atoms. The van der Waals surface area contributed by atoms with Crippen molar-refractivity contribution in [3.63, 3.8) is 0 Å². The Balaban J connectivity index is 2.35. The molecule has 1 N–H and O–H groups in total. The van der Waals surface area contributed by atoms with Gasteiger partial charge in [-0.3, -0.25) is 9.78 Å². The number of hydrogen-bond acceptors (Lipinski definition) is 5. The highest BCUT2D eigenvalue weighted by atomic mass is 32.1. The van der Waals surface area contributed by atoms with E-state index in [4.69, 9.17) is 17.0 Å². The van der Waals surface area contributed by atoms with Gasteiger partial charge in [-0.05, 0) is 37.5 Å². The molecule has 1 aliphatic carbocycles. The Morgan fingerprint density at radius 2 is 2.26 bits per heavy atom. The van der Waals surface area contributed by atoms with Crippen LogP contribution >= 0.6 is 12.2 Å². The number of pyridine rings is 1. The molecule has 1 aliphatic rings. The first-order valence-electron chi connectivity index (χ1n) is 7.83. The van der Waals surface area contributed by atoms with Crippen molar-refractivity contribution in [2.45, 2.75) is 45.1 Å². The lowest BCUT2D eigenvalue weighted by atomic mass is 10.1. The molecule has 1 saturated carbocycles. The predicted molar refractivity (Wildman–Crippen MR) is 89.4 cm³/mol. The maximum Gasteiger partial charge on any atom is 0.338 e. The number of carbonyl (C=O) groups is 1. The number of hydrogen-bond donors (Lipinski definition) is 1. The summed E-state index contributed by atoms with van der Waals surface area (Å²) < 4.78 is 7.00. The Kier molecular flexibility index (Phi) is 4.30. The number of aromatic amines is 1. The largest absolute Gasteiger partial charge is 0.465 e. The van der Waals surface area contributed by atoms with Gasteiger partial charge in [-0.2, -0.15) is 0 Å². The first kappa shape index (κ1) is 15.9. The van der Waals surface area contributed by atoms with E-state index in [2.05, 4.69) is 16.9 Å². The summed E-state index contributed by atoms with van der Waals surface area (Å²) in [6.45, 7) is 2.74. The number of rotatable bonds is 5. The monoisotopic (exact) mass is 333 g/mol. The molecule has 0 atom stereocenters. The highest BCUT2D eigenvalue weighted by Gasteiger charge is 2.28. The van der Waals surface area contributed by atoms with Gasteiger partial charge in [-0.25, -0.2) is 9.78 Å². The number of carbonyl (C=O) groups excluding carboxylic acids is 1. The Bertz CT molecular complexity index is 880. The standard InChI is InChI=1S/C16H19N3O3S/c1-3-4-7-19-13-12(14(20)18-16(19)23)10(15(21)22-2)8-11(17-13)9-5-6-9/h8-9H,3-7H2,1-2H3,(H,18,20,23). The van der Waals surface area contributed by atoms with Crippen LogP contribution in [-0.2, 0) is 11.3 Å². The second-order valence-electron chi connectivity index (χ2n) is 5.82. The Morgan fingerprint density at radius 3 is 2.87 bits per heavy atom. The minimum Gasteiger partial charge on any atom is -0.465 e. The summed E-state index contributed by atoms with van der Waals surface area (Å²) in [5.74, 6) is -0.167. The summed E-state index contributed by atoms with van der Waals surface area (Å²) in [5.41, 5.74) is 1.19. The van der Waals surface area contributed by atoms with Crippen molar-refractivity contribution in [2.75, 3.05) is 7.11 Å². The first-order valence-corrected chi connectivity index (χ1v) is 8.23. The molecule has 0 aliphatic heterocycles. The smallest absolute Gasteiger partial charge is 0.338 e. The van der Waals surface area contributed by atoms with Crippen LogP contribution in [0.5, 0.6) is 0 Å². The van der Waals surface area contributed by atoms with Gasteiger partial charge in [0.05, 0.1) is 18.1 Å². The van der Waals surface area contributed by atoms with Crippen molar-refractivity contribution >= 4 is 29.2 Å². The third kappa shape index (κ3) is 2.93. The number of nitrogens with zero attached hydrogens (tertiary/aromatic N) is 2. The van der Waals surface area contributed by atoms with E-state index in [0.29, 0.717) is 22.9 Å². The number of methoxy groups -OCH3 is 1. The van der Waals surface area contributed by atoms with Gasteiger partial charge in [0.2, 0.25) is 0 Å². The summed E-state index contributed by atoms with van der Waals surface area (Å²) in [4.78, 5) is 31.8. The van der Waals surface area contributed by atoms with Crippen LogP contribution in [0, 0.1) is 4.77 Å². The first-order chi connectivity index (χ1) is 11.1. The molecule has 122 valence electrons. The molecule has 2 aromatic heterocycles. The number of unbranched alkanes of at least 4 members (excludes halogenated alkanes) is 1. The maximum atomic E-state index is 12.4. The number of H-pyrrole nitrogens is 1. The van der Waals surface area contributed by atoms with Crippen LogP contribution in [0.1, 0.15) is 54.6 Å². The van der Waals surface area contributed by atoms with Gasteiger partial charge in [-0.1, -0.05) is 13.3 Å². The second kappa shape index (κ2) is 6.23. The maximum absolute atomic E-state index is 12.4. The van der Waals surface area contributed by atoms with Gasteiger partial charge in [0.15, 0.2) is 4.77 Å². The number of ether oxygens (including phenoxy) is 1. The van der Waals surface area contributed by atoms with Crippen LogP contribution in [0.15, 0.2) is 10.9 Å². The molecule has 0 spiro atoms. The molecule has 2 aromatic rings. The van der Waals surface area contributed by atoms with Crippen molar-refractivity contribution < 1.29 is 9.53 Å².